The maximum Gasteiger partial charge on any atom is 0.410 e. The molecule has 0 bridgehead atoms. The van der Waals surface area contributed by atoms with Crippen LogP contribution in [0, 0.1) is 11.6 Å². The number of amides is 6. The van der Waals surface area contributed by atoms with Crippen molar-refractivity contribution in [3.63, 3.8) is 0 Å². The number of fused-ring (bicyclic) bond motifs is 2. The van der Waals surface area contributed by atoms with Crippen LogP contribution < -0.4 is 10.6 Å². The molecule has 2 aromatic heterocycles. The molecule has 8 atom stereocenters. The summed E-state index contributed by atoms with van der Waals surface area (Å²) in [5.41, 5.74) is -3.75. The van der Waals surface area contributed by atoms with E-state index in [1.807, 2.05) is 0 Å². The molecule has 426 valence electrons. The number of hydrogen-bond acceptors (Lipinski definition) is 12. The number of halogens is 2. The Morgan fingerprint density at radius 3 is 1.33 bits per heavy atom. The fourth-order valence-electron chi connectivity index (χ4n) is 9.18. The topological polar surface area (TPSA) is 242 Å². The van der Waals surface area contributed by atoms with Gasteiger partial charge in [0.1, 0.15) is 59.2 Å². The molecule has 22 heteroatoms. The fourth-order valence-corrected chi connectivity index (χ4v) is 9.18. The molecule has 6 amide bonds. The maximum atomic E-state index is 15.4. The van der Waals surface area contributed by atoms with Crippen molar-refractivity contribution in [1.29, 1.82) is 0 Å². The number of nitrogens with one attached hydrogen (secondary N) is 4. The molecule has 4 heterocycles. The second-order valence-corrected chi connectivity index (χ2v) is 21.4. The zero-order valence-electron chi connectivity index (χ0n) is 55.8. The Hall–Kier alpha value is -7.26. The van der Waals surface area contributed by atoms with E-state index in [4.69, 9.17) is 27.2 Å². The van der Waals surface area contributed by atoms with Gasteiger partial charge in [0.25, 0.3) is 0 Å². The standard InChI is InChI=1S/C56H76F2N8O12/c1-15-43(61-49(69)29(3)63(13)53(73)77-55(7,8)9)51(71)65-27-37(75-31(5)67)23-35(65)25-41-39-19-17-33(57)21-45(39)59-47(41)48-42(40-20-18-34(58)22-46(40)60-48)26-36-24-38(76-32(6)68)28-66(36)52(72)44(16-2)62-50(70)30(4)64(14)54(74)78-56(10,11)12/h17-22,29-30,35-38,43-44,59-60H,15-16,23-28H2,1-14H3,(H,61,69)(H,62,70)/t29-,30-,35-,36-,37-,38-,43-,44-/m0/s1/i13D3,14D3,25D2,26D2. The highest BCUT2D eigenvalue weighted by atomic mass is 19.1. The molecule has 2 aliphatic rings. The van der Waals surface area contributed by atoms with Gasteiger partial charge in [0.15, 0.2) is 0 Å². The van der Waals surface area contributed by atoms with Gasteiger partial charge in [-0.1, -0.05) is 13.8 Å². The number of aromatic nitrogens is 2. The summed E-state index contributed by atoms with van der Waals surface area (Å²) in [5.74, 6) is -7.36. The Labute approximate surface area is 467 Å². The van der Waals surface area contributed by atoms with Crippen molar-refractivity contribution in [3.05, 3.63) is 59.2 Å². The third-order valence-electron chi connectivity index (χ3n) is 12.9. The third kappa shape index (κ3) is 14.3. The van der Waals surface area contributed by atoms with Crippen molar-refractivity contribution in [3.8, 4) is 11.4 Å². The van der Waals surface area contributed by atoms with E-state index < -0.39 is 172 Å². The van der Waals surface area contributed by atoms with Crippen LogP contribution in [-0.4, -0.2) is 164 Å². The van der Waals surface area contributed by atoms with Gasteiger partial charge in [-0.25, -0.2) is 18.4 Å². The van der Waals surface area contributed by atoms with Crippen molar-refractivity contribution >= 4 is 69.6 Å². The zero-order chi connectivity index (χ0) is 66.5. The summed E-state index contributed by atoms with van der Waals surface area (Å²) in [4.78, 5) is 118. The Bertz CT molecular complexity index is 3130. The molecule has 0 saturated carbocycles. The predicted molar refractivity (Wildman–Crippen MR) is 286 cm³/mol. The van der Waals surface area contributed by atoms with Gasteiger partial charge in [-0.3, -0.25) is 38.6 Å². The molecule has 4 N–H and O–H groups in total. The minimum Gasteiger partial charge on any atom is -0.461 e. The first-order valence-electron chi connectivity index (χ1n) is 30.6. The SMILES string of the molecule is [2H]C([2H])(c1c(-c2[nH]c3cc(F)ccc3c2C([2H])([2H])[C@@H]2C[C@H](OC(C)=O)CN2C(=O)[C@H](CC)NC(=O)[C@H](C)N(C(=O)OC(C)(C)C)C([2H])([2H])[2H])[nH]c2cc(F)ccc12)[C@@H]1C[C@H](OC(C)=O)CN1C(=O)[C@H](CC)NC(=O)[C@H](C)N(C(=O)OC(C)(C)C)C([2H])([2H])[2H]. The van der Waals surface area contributed by atoms with Crippen LogP contribution in [0.2, 0.25) is 0 Å². The highest BCUT2D eigenvalue weighted by molar-refractivity contribution is 5.97. The molecule has 2 fully saturated rings. The summed E-state index contributed by atoms with van der Waals surface area (Å²) in [6.07, 6.45) is -12.1. The summed E-state index contributed by atoms with van der Waals surface area (Å²) in [6.45, 7) is 8.90. The molecule has 20 nitrogen and oxygen atoms in total. The van der Waals surface area contributed by atoms with Crippen molar-refractivity contribution in [2.75, 3.05) is 27.0 Å². The summed E-state index contributed by atoms with van der Waals surface area (Å²) in [6, 6.07) is -3.43. The summed E-state index contributed by atoms with van der Waals surface area (Å²) in [5, 5.41) is 4.94. The molecular formula is C56H76F2N8O12. The third-order valence-corrected chi connectivity index (χ3v) is 12.9. The lowest BCUT2D eigenvalue weighted by atomic mass is 9.94. The Kier molecular flexibility index (Phi) is 14.5. The second kappa shape index (κ2) is 24.2. The van der Waals surface area contributed by atoms with Crippen LogP contribution in [-0.2, 0) is 60.5 Å². The number of aromatic amines is 2. The number of nitrogens with zero attached hydrogens (tertiary/aromatic N) is 4. The molecule has 6 rings (SSSR count). The lowest BCUT2D eigenvalue weighted by Crippen LogP contribution is -2.55. The van der Waals surface area contributed by atoms with E-state index in [0.29, 0.717) is 0 Å². The molecule has 0 aliphatic carbocycles. The van der Waals surface area contributed by atoms with Gasteiger partial charge in [0.05, 0.1) is 24.5 Å². The van der Waals surface area contributed by atoms with Gasteiger partial charge in [-0.15, -0.1) is 0 Å². The number of carbonyl (C=O) groups excluding carboxylic acids is 8. The van der Waals surface area contributed by atoms with Crippen LogP contribution in [0.5, 0.6) is 0 Å². The molecule has 0 radical (unpaired) electrons. The minimum absolute atomic E-state index is 0.0192. The molecule has 2 saturated heterocycles. The summed E-state index contributed by atoms with van der Waals surface area (Å²) < 4.78 is 142. The number of likely N-dealkylation sites (N-methyl/N-ethyl adjacent to an activating group) is 2. The first-order valence-corrected chi connectivity index (χ1v) is 25.6. The van der Waals surface area contributed by atoms with Gasteiger partial charge in [-0.2, -0.15) is 0 Å². The molecule has 0 unspecified atom stereocenters. The molecule has 0 spiro atoms. The fraction of sp³-hybridized carbons (Fsp3) is 0.571. The minimum atomic E-state index is -3.21. The number of likely N-dealkylation sites (tertiary alicyclic amines) is 2. The quantitative estimate of drug-likeness (QED) is 0.0615. The predicted octanol–water partition coefficient (Wildman–Crippen LogP) is 7.05. The van der Waals surface area contributed by atoms with Crippen LogP contribution >= 0.6 is 0 Å². The lowest BCUT2D eigenvalue weighted by molar-refractivity contribution is -0.147. The smallest absolute Gasteiger partial charge is 0.410 e. The molecule has 2 aliphatic heterocycles. The van der Waals surface area contributed by atoms with Crippen molar-refractivity contribution in [1.82, 2.24) is 40.2 Å². The van der Waals surface area contributed by atoms with E-state index in [-0.39, 0.29) is 67.0 Å². The number of ether oxygens (including phenoxy) is 4. The van der Waals surface area contributed by atoms with Gasteiger partial charge in [-0.05, 0) is 129 Å². The number of rotatable bonds is 17. The van der Waals surface area contributed by atoms with E-state index in [1.54, 1.807) is 0 Å². The molecule has 4 aromatic rings. The average Bonchev–Trinajstić information content (AvgIpc) is 1.56. The Balaban J connectivity index is 1.49. The molecule has 2 aromatic carbocycles. The Morgan fingerprint density at radius 2 is 1.03 bits per heavy atom. The zero-order valence-corrected chi connectivity index (χ0v) is 45.8. The van der Waals surface area contributed by atoms with E-state index >= 15 is 18.4 Å². The van der Waals surface area contributed by atoms with E-state index in [0.717, 1.165) is 61.8 Å². The number of hydrogen-bond donors (Lipinski definition) is 4. The van der Waals surface area contributed by atoms with Crippen LogP contribution in [0.1, 0.15) is 134 Å². The monoisotopic (exact) mass is 1100 g/mol. The van der Waals surface area contributed by atoms with E-state index in [9.17, 15) is 34.3 Å². The lowest BCUT2D eigenvalue weighted by Gasteiger charge is -2.31. The highest BCUT2D eigenvalue weighted by Gasteiger charge is 2.43. The Morgan fingerprint density at radius 1 is 0.667 bits per heavy atom. The van der Waals surface area contributed by atoms with Gasteiger partial charge < -0.3 is 49.3 Å². The van der Waals surface area contributed by atoms with Crippen LogP contribution in [0.3, 0.4) is 0 Å². The first-order chi connectivity index (χ1) is 40.3. The van der Waals surface area contributed by atoms with Gasteiger partial charge in [0, 0.05) is 88.2 Å². The second-order valence-electron chi connectivity index (χ2n) is 21.4. The molecular weight excluding hydrogens is 1010 g/mol. The number of esters is 2. The largest absolute Gasteiger partial charge is 0.461 e. The molecule has 78 heavy (non-hydrogen) atoms. The normalized spacial score (nSPS) is 21.8. The first kappa shape index (κ1) is 46.8. The van der Waals surface area contributed by atoms with Crippen LogP contribution in [0.25, 0.3) is 33.2 Å². The number of H-pyrrole nitrogens is 2. The van der Waals surface area contributed by atoms with E-state index in [2.05, 4.69) is 20.6 Å². The van der Waals surface area contributed by atoms with Crippen molar-refractivity contribution < 1.29 is 79.8 Å². The van der Waals surface area contributed by atoms with Crippen molar-refractivity contribution in [2.45, 2.75) is 181 Å². The number of carbonyl (C=O) groups is 8. The summed E-state index contributed by atoms with van der Waals surface area (Å²) in [7, 11) is 0. The summed E-state index contributed by atoms with van der Waals surface area (Å²) >= 11 is 0. The van der Waals surface area contributed by atoms with Crippen LogP contribution in [0.15, 0.2) is 36.4 Å². The highest BCUT2D eigenvalue weighted by Crippen LogP contribution is 2.40. The van der Waals surface area contributed by atoms with Gasteiger partial charge in [0.2, 0.25) is 23.6 Å². The maximum absolute atomic E-state index is 15.4. The average molecular weight is 1100 g/mol. The van der Waals surface area contributed by atoms with Crippen molar-refractivity contribution in [2.24, 2.45) is 0 Å². The van der Waals surface area contributed by atoms with Gasteiger partial charge >= 0.3 is 24.1 Å². The van der Waals surface area contributed by atoms with Crippen LogP contribution in [0.4, 0.5) is 18.4 Å². The van der Waals surface area contributed by atoms with E-state index in [1.165, 1.54) is 67.5 Å². The number of benzene rings is 2.